The van der Waals surface area contributed by atoms with E-state index in [1.165, 1.54) is 11.6 Å². The molecule has 1 aliphatic heterocycles. The Bertz CT molecular complexity index is 943. The highest BCUT2D eigenvalue weighted by molar-refractivity contribution is 7.90. The van der Waals surface area contributed by atoms with Gasteiger partial charge in [-0.1, -0.05) is 37.3 Å². The van der Waals surface area contributed by atoms with Crippen LogP contribution in [0, 0.1) is 6.92 Å². The van der Waals surface area contributed by atoms with Crippen LogP contribution in [0.3, 0.4) is 0 Å². The maximum absolute atomic E-state index is 13.3. The Morgan fingerprint density at radius 1 is 1.18 bits per heavy atom. The van der Waals surface area contributed by atoms with Gasteiger partial charge in [0, 0.05) is 31.5 Å². The quantitative estimate of drug-likeness (QED) is 0.821. The summed E-state index contributed by atoms with van der Waals surface area (Å²) in [5.74, 6) is -0.121. The Hall–Kier alpha value is -1.89. The molecule has 1 atom stereocenters. The van der Waals surface area contributed by atoms with Gasteiger partial charge in [-0.2, -0.15) is 0 Å². The maximum atomic E-state index is 13.3. The van der Waals surface area contributed by atoms with Crippen molar-refractivity contribution >= 4 is 28.2 Å². The average Bonchev–Trinajstić information content (AvgIpc) is 2.67. The number of benzene rings is 2. The number of halogens is 1. The summed E-state index contributed by atoms with van der Waals surface area (Å²) in [7, 11) is -3.36. The molecule has 0 saturated carbocycles. The first-order valence-electron chi connectivity index (χ1n) is 9.22. The largest absolute Gasteiger partial charge is 0.329 e. The summed E-state index contributed by atoms with van der Waals surface area (Å²) in [6, 6.07) is 13.1. The second-order valence-electron chi connectivity index (χ2n) is 7.06. The first-order chi connectivity index (χ1) is 12.8. The van der Waals surface area contributed by atoms with E-state index >= 15 is 0 Å². The Kier molecular flexibility index (Phi) is 7.26. The van der Waals surface area contributed by atoms with Crippen molar-refractivity contribution in [2.75, 3.05) is 25.9 Å². The molecule has 0 bridgehead atoms. The number of carbonyl (C=O) groups is 1. The Balaban J connectivity index is 0.00000280. The predicted molar refractivity (Wildman–Crippen MR) is 114 cm³/mol. The second kappa shape index (κ2) is 9.07. The monoisotopic (exact) mass is 422 g/mol. The van der Waals surface area contributed by atoms with Crippen LogP contribution in [-0.4, -0.2) is 45.1 Å². The molecule has 0 aromatic heterocycles. The molecule has 0 aliphatic carbocycles. The van der Waals surface area contributed by atoms with Gasteiger partial charge >= 0.3 is 0 Å². The number of amides is 1. The molecule has 0 radical (unpaired) electrons. The Morgan fingerprint density at radius 2 is 1.86 bits per heavy atom. The molecule has 1 fully saturated rings. The molecule has 1 amide bonds. The van der Waals surface area contributed by atoms with Gasteiger partial charge in [-0.15, -0.1) is 12.4 Å². The summed E-state index contributed by atoms with van der Waals surface area (Å²) in [5.41, 5.74) is 3.59. The molecular formula is C21H27ClN2O3S. The van der Waals surface area contributed by atoms with Crippen molar-refractivity contribution in [2.24, 2.45) is 0 Å². The Morgan fingerprint density at radius 3 is 2.46 bits per heavy atom. The van der Waals surface area contributed by atoms with Crippen molar-refractivity contribution in [1.82, 2.24) is 10.2 Å². The molecule has 152 valence electrons. The number of sulfone groups is 1. The number of piperazine rings is 1. The van der Waals surface area contributed by atoms with Crippen LogP contribution in [0.2, 0.25) is 0 Å². The van der Waals surface area contributed by atoms with Crippen molar-refractivity contribution in [3.8, 4) is 0 Å². The lowest BCUT2D eigenvalue weighted by Crippen LogP contribution is -2.48. The van der Waals surface area contributed by atoms with Crippen molar-refractivity contribution < 1.29 is 13.2 Å². The van der Waals surface area contributed by atoms with Crippen LogP contribution in [-0.2, 0) is 16.3 Å². The number of hydrogen-bond acceptors (Lipinski definition) is 4. The van der Waals surface area contributed by atoms with Gasteiger partial charge < -0.3 is 10.2 Å². The molecule has 2 aromatic carbocycles. The van der Waals surface area contributed by atoms with Gasteiger partial charge in [-0.25, -0.2) is 8.42 Å². The lowest BCUT2D eigenvalue weighted by Gasteiger charge is -2.37. The summed E-state index contributed by atoms with van der Waals surface area (Å²) < 4.78 is 23.8. The minimum absolute atomic E-state index is 0. The summed E-state index contributed by atoms with van der Waals surface area (Å²) in [6.07, 6.45) is 2.14. The zero-order valence-electron chi connectivity index (χ0n) is 16.4. The normalized spacial score (nSPS) is 17.1. The third kappa shape index (κ3) is 4.74. The van der Waals surface area contributed by atoms with E-state index in [2.05, 4.69) is 36.5 Å². The van der Waals surface area contributed by atoms with Gasteiger partial charge in [0.25, 0.3) is 5.91 Å². The van der Waals surface area contributed by atoms with Crippen LogP contribution in [0.5, 0.6) is 0 Å². The Labute approximate surface area is 173 Å². The third-order valence-corrected chi connectivity index (χ3v) is 6.25. The summed E-state index contributed by atoms with van der Waals surface area (Å²) in [4.78, 5) is 15.3. The average molecular weight is 423 g/mol. The van der Waals surface area contributed by atoms with E-state index in [4.69, 9.17) is 0 Å². The number of nitrogens with one attached hydrogen (secondary N) is 1. The number of hydrogen-bond donors (Lipinski definition) is 1. The standard InChI is InChI=1S/C21H26N2O3S.ClH/c1-4-16-6-8-17(9-7-16)20-14-22-11-12-23(20)21(24)19-13-18(27(3,25)26)10-5-15(19)2;/h5-10,13,20,22H,4,11-12,14H2,1-3H3;1H. The van der Waals surface area contributed by atoms with Gasteiger partial charge in [0.05, 0.1) is 10.9 Å². The molecule has 1 heterocycles. The van der Waals surface area contributed by atoms with Crippen molar-refractivity contribution in [1.29, 1.82) is 0 Å². The number of rotatable bonds is 4. The predicted octanol–water partition coefficient (Wildman–Crippen LogP) is 3.17. The first kappa shape index (κ1) is 22.4. The van der Waals surface area contributed by atoms with Crippen LogP contribution in [0.1, 0.15) is 40.0 Å². The summed E-state index contributed by atoms with van der Waals surface area (Å²) >= 11 is 0. The molecule has 1 aliphatic rings. The van der Waals surface area contributed by atoms with Gasteiger partial charge in [0.15, 0.2) is 9.84 Å². The van der Waals surface area contributed by atoms with E-state index in [9.17, 15) is 13.2 Å². The molecule has 1 N–H and O–H groups in total. The minimum Gasteiger partial charge on any atom is -0.329 e. The molecule has 1 saturated heterocycles. The molecule has 3 rings (SSSR count). The molecule has 1 unspecified atom stereocenters. The molecule has 2 aromatic rings. The molecular weight excluding hydrogens is 396 g/mol. The van der Waals surface area contributed by atoms with Gasteiger partial charge in [-0.3, -0.25) is 4.79 Å². The molecule has 5 nitrogen and oxygen atoms in total. The van der Waals surface area contributed by atoms with Crippen LogP contribution >= 0.6 is 12.4 Å². The van der Waals surface area contributed by atoms with Crippen molar-refractivity contribution in [3.63, 3.8) is 0 Å². The van der Waals surface area contributed by atoms with Crippen molar-refractivity contribution in [3.05, 3.63) is 64.7 Å². The van der Waals surface area contributed by atoms with E-state index in [0.717, 1.165) is 30.3 Å². The van der Waals surface area contributed by atoms with E-state index in [0.29, 0.717) is 18.7 Å². The topological polar surface area (TPSA) is 66.5 Å². The third-order valence-electron chi connectivity index (χ3n) is 5.14. The second-order valence-corrected chi connectivity index (χ2v) is 9.08. The highest BCUT2D eigenvalue weighted by atomic mass is 35.5. The van der Waals surface area contributed by atoms with Crippen molar-refractivity contribution in [2.45, 2.75) is 31.2 Å². The fourth-order valence-electron chi connectivity index (χ4n) is 3.44. The zero-order valence-corrected chi connectivity index (χ0v) is 18.1. The number of aryl methyl sites for hydroxylation is 2. The molecule has 0 spiro atoms. The smallest absolute Gasteiger partial charge is 0.254 e. The summed E-state index contributed by atoms with van der Waals surface area (Å²) in [6.45, 7) is 5.95. The molecule has 7 heteroatoms. The van der Waals surface area contributed by atoms with Gasteiger partial charge in [0.1, 0.15) is 0 Å². The first-order valence-corrected chi connectivity index (χ1v) is 11.1. The SMILES string of the molecule is CCc1ccc(C2CNCCN2C(=O)c2cc(S(C)(=O)=O)ccc2C)cc1.Cl. The van der Waals surface area contributed by atoms with Gasteiger partial charge in [0.2, 0.25) is 0 Å². The zero-order chi connectivity index (χ0) is 19.6. The van der Waals surface area contributed by atoms with E-state index in [1.54, 1.807) is 12.1 Å². The van der Waals surface area contributed by atoms with E-state index < -0.39 is 9.84 Å². The lowest BCUT2D eigenvalue weighted by molar-refractivity contribution is 0.0633. The highest BCUT2D eigenvalue weighted by Crippen LogP contribution is 2.26. The van der Waals surface area contributed by atoms with Crippen LogP contribution in [0.25, 0.3) is 0 Å². The van der Waals surface area contributed by atoms with Gasteiger partial charge in [-0.05, 0) is 42.2 Å². The fraction of sp³-hybridized carbons (Fsp3) is 0.381. The fourth-order valence-corrected chi connectivity index (χ4v) is 4.08. The minimum atomic E-state index is -3.36. The van der Waals surface area contributed by atoms with Crippen LogP contribution in [0.15, 0.2) is 47.4 Å². The van der Waals surface area contributed by atoms with E-state index in [1.807, 2.05) is 11.8 Å². The maximum Gasteiger partial charge on any atom is 0.254 e. The lowest BCUT2D eigenvalue weighted by atomic mass is 9.99. The summed E-state index contributed by atoms with van der Waals surface area (Å²) in [5, 5.41) is 3.36. The molecule has 28 heavy (non-hydrogen) atoms. The number of carbonyl (C=O) groups excluding carboxylic acids is 1. The number of nitrogens with zero attached hydrogens (tertiary/aromatic N) is 1. The van der Waals surface area contributed by atoms with Crippen LogP contribution < -0.4 is 5.32 Å². The van der Waals surface area contributed by atoms with Crippen LogP contribution in [0.4, 0.5) is 0 Å². The highest BCUT2D eigenvalue weighted by Gasteiger charge is 2.29. The van der Waals surface area contributed by atoms with E-state index in [-0.39, 0.29) is 29.3 Å².